The lowest BCUT2D eigenvalue weighted by Gasteiger charge is -2.22. The van der Waals surface area contributed by atoms with Gasteiger partial charge in [-0.2, -0.15) is 0 Å². The van der Waals surface area contributed by atoms with Crippen LogP contribution in [0.25, 0.3) is 0 Å². The fourth-order valence-electron chi connectivity index (χ4n) is 2.48. The molecule has 1 aliphatic rings. The summed E-state index contributed by atoms with van der Waals surface area (Å²) in [5.41, 5.74) is 3.62. The van der Waals surface area contributed by atoms with E-state index in [2.05, 4.69) is 40.5 Å². The summed E-state index contributed by atoms with van der Waals surface area (Å²) >= 11 is 8.05. The monoisotopic (exact) mass is 304 g/mol. The standard InChI is InChI=1S/C16H17ClN2S/c1-19(2)15-8-7-11(17)9-13(15)18-14-10-20-16-6-4-3-5-12(14)16/h3-9,14,18H,10H2,1-2H3. The molecule has 1 aliphatic heterocycles. The molecule has 0 saturated heterocycles. The summed E-state index contributed by atoms with van der Waals surface area (Å²) in [7, 11) is 4.09. The molecule has 20 heavy (non-hydrogen) atoms. The summed E-state index contributed by atoms with van der Waals surface area (Å²) in [6.45, 7) is 0. The number of thioether (sulfide) groups is 1. The van der Waals surface area contributed by atoms with E-state index >= 15 is 0 Å². The Morgan fingerprint density at radius 2 is 2.00 bits per heavy atom. The van der Waals surface area contributed by atoms with E-state index in [4.69, 9.17) is 11.6 Å². The molecular weight excluding hydrogens is 288 g/mol. The van der Waals surface area contributed by atoms with Gasteiger partial charge in [-0.25, -0.2) is 0 Å². The summed E-state index contributed by atoms with van der Waals surface area (Å²) in [6.07, 6.45) is 0. The average Bonchev–Trinajstić information content (AvgIpc) is 2.82. The van der Waals surface area contributed by atoms with Crippen molar-refractivity contribution in [1.82, 2.24) is 0 Å². The highest BCUT2D eigenvalue weighted by Gasteiger charge is 2.23. The Balaban J connectivity index is 1.91. The third kappa shape index (κ3) is 2.60. The molecule has 0 bridgehead atoms. The Morgan fingerprint density at radius 1 is 1.20 bits per heavy atom. The normalized spacial score (nSPS) is 16.9. The van der Waals surface area contributed by atoms with E-state index in [1.807, 2.05) is 38.0 Å². The molecule has 1 heterocycles. The molecule has 0 aliphatic carbocycles. The van der Waals surface area contributed by atoms with Gasteiger partial charge < -0.3 is 10.2 Å². The van der Waals surface area contributed by atoms with Gasteiger partial charge in [0.15, 0.2) is 0 Å². The minimum absolute atomic E-state index is 0.341. The number of nitrogens with zero attached hydrogens (tertiary/aromatic N) is 1. The van der Waals surface area contributed by atoms with Crippen LogP contribution in [0.15, 0.2) is 47.4 Å². The maximum absolute atomic E-state index is 6.14. The van der Waals surface area contributed by atoms with Crippen molar-refractivity contribution in [3.63, 3.8) is 0 Å². The van der Waals surface area contributed by atoms with Crippen molar-refractivity contribution in [3.05, 3.63) is 53.1 Å². The highest BCUT2D eigenvalue weighted by atomic mass is 35.5. The average molecular weight is 305 g/mol. The maximum atomic E-state index is 6.14. The van der Waals surface area contributed by atoms with Gasteiger partial charge in [-0.3, -0.25) is 0 Å². The van der Waals surface area contributed by atoms with Crippen molar-refractivity contribution in [3.8, 4) is 0 Å². The van der Waals surface area contributed by atoms with Gasteiger partial charge in [-0.15, -0.1) is 11.8 Å². The minimum atomic E-state index is 0.341. The van der Waals surface area contributed by atoms with Gasteiger partial charge in [0.25, 0.3) is 0 Å². The van der Waals surface area contributed by atoms with Gasteiger partial charge in [-0.05, 0) is 29.8 Å². The van der Waals surface area contributed by atoms with Crippen LogP contribution >= 0.6 is 23.4 Å². The minimum Gasteiger partial charge on any atom is -0.376 e. The lowest BCUT2D eigenvalue weighted by Crippen LogP contribution is -2.15. The Labute approximate surface area is 129 Å². The molecular formula is C16H17ClN2S. The molecule has 0 saturated carbocycles. The number of rotatable bonds is 3. The van der Waals surface area contributed by atoms with Crippen LogP contribution in [0.5, 0.6) is 0 Å². The first kappa shape index (κ1) is 13.7. The number of anilines is 2. The predicted octanol–water partition coefficient (Wildman–Crippen LogP) is 4.66. The van der Waals surface area contributed by atoms with Crippen LogP contribution in [0.3, 0.4) is 0 Å². The summed E-state index contributed by atoms with van der Waals surface area (Å²) in [5, 5.41) is 4.40. The summed E-state index contributed by atoms with van der Waals surface area (Å²) < 4.78 is 0. The van der Waals surface area contributed by atoms with Gasteiger partial charge in [0, 0.05) is 29.8 Å². The maximum Gasteiger partial charge on any atom is 0.0619 e. The number of fused-ring (bicyclic) bond motifs is 1. The van der Waals surface area contributed by atoms with Gasteiger partial charge in [0.1, 0.15) is 0 Å². The lowest BCUT2D eigenvalue weighted by molar-refractivity contribution is 0.898. The molecule has 1 atom stereocenters. The fourth-order valence-corrected chi connectivity index (χ4v) is 3.82. The van der Waals surface area contributed by atoms with Crippen molar-refractivity contribution < 1.29 is 0 Å². The first-order chi connectivity index (χ1) is 9.65. The highest BCUT2D eigenvalue weighted by molar-refractivity contribution is 7.99. The second-order valence-electron chi connectivity index (χ2n) is 5.10. The molecule has 104 valence electrons. The van der Waals surface area contributed by atoms with E-state index in [9.17, 15) is 0 Å². The topological polar surface area (TPSA) is 15.3 Å². The van der Waals surface area contributed by atoms with Crippen molar-refractivity contribution in [2.24, 2.45) is 0 Å². The van der Waals surface area contributed by atoms with E-state index in [0.29, 0.717) is 6.04 Å². The molecule has 0 amide bonds. The van der Waals surface area contributed by atoms with Crippen LogP contribution in [0.4, 0.5) is 11.4 Å². The van der Waals surface area contributed by atoms with Crippen LogP contribution < -0.4 is 10.2 Å². The Kier molecular flexibility index (Phi) is 3.81. The van der Waals surface area contributed by atoms with E-state index in [-0.39, 0.29) is 0 Å². The van der Waals surface area contributed by atoms with Crippen LogP contribution in [0.2, 0.25) is 5.02 Å². The first-order valence-electron chi connectivity index (χ1n) is 6.60. The van der Waals surface area contributed by atoms with Crippen LogP contribution in [0.1, 0.15) is 11.6 Å². The van der Waals surface area contributed by atoms with Crippen molar-refractivity contribution in [1.29, 1.82) is 0 Å². The SMILES string of the molecule is CN(C)c1ccc(Cl)cc1NC1CSc2ccccc21. The van der Waals surface area contributed by atoms with E-state index < -0.39 is 0 Å². The largest absolute Gasteiger partial charge is 0.376 e. The molecule has 1 unspecified atom stereocenters. The van der Waals surface area contributed by atoms with Crippen LogP contribution in [0, 0.1) is 0 Å². The molecule has 2 aromatic rings. The summed E-state index contributed by atoms with van der Waals surface area (Å²) in [4.78, 5) is 3.48. The zero-order chi connectivity index (χ0) is 14.1. The second-order valence-corrected chi connectivity index (χ2v) is 6.60. The third-order valence-corrected chi connectivity index (χ3v) is 4.89. The van der Waals surface area contributed by atoms with Crippen molar-refractivity contribution in [2.45, 2.75) is 10.9 Å². The number of halogens is 1. The lowest BCUT2D eigenvalue weighted by atomic mass is 10.1. The van der Waals surface area contributed by atoms with Crippen LogP contribution in [-0.4, -0.2) is 19.8 Å². The Bertz CT molecular complexity index is 628. The molecule has 4 heteroatoms. The van der Waals surface area contributed by atoms with Crippen molar-refractivity contribution >= 4 is 34.7 Å². The third-order valence-electron chi connectivity index (χ3n) is 3.47. The second kappa shape index (κ2) is 5.58. The summed E-state index contributed by atoms with van der Waals surface area (Å²) in [6, 6.07) is 14.9. The molecule has 1 N–H and O–H groups in total. The molecule has 0 fully saturated rings. The van der Waals surface area contributed by atoms with Gasteiger partial charge in [0.05, 0.1) is 17.4 Å². The number of hydrogen-bond acceptors (Lipinski definition) is 3. The Hall–Kier alpha value is -1.32. The highest BCUT2D eigenvalue weighted by Crippen LogP contribution is 2.41. The Morgan fingerprint density at radius 3 is 2.80 bits per heavy atom. The quantitative estimate of drug-likeness (QED) is 0.887. The van der Waals surface area contributed by atoms with Crippen LogP contribution in [-0.2, 0) is 0 Å². The smallest absolute Gasteiger partial charge is 0.0619 e. The zero-order valence-corrected chi connectivity index (χ0v) is 13.1. The van der Waals surface area contributed by atoms with E-state index in [0.717, 1.165) is 22.2 Å². The number of benzene rings is 2. The van der Waals surface area contributed by atoms with E-state index in [1.165, 1.54) is 10.5 Å². The predicted molar refractivity (Wildman–Crippen MR) is 89.3 cm³/mol. The van der Waals surface area contributed by atoms with Gasteiger partial charge in [-0.1, -0.05) is 29.8 Å². The molecule has 0 spiro atoms. The molecule has 0 radical (unpaired) electrons. The summed E-state index contributed by atoms with van der Waals surface area (Å²) in [5.74, 6) is 1.05. The van der Waals surface area contributed by atoms with E-state index in [1.54, 1.807) is 0 Å². The van der Waals surface area contributed by atoms with Gasteiger partial charge >= 0.3 is 0 Å². The molecule has 0 aromatic heterocycles. The fraction of sp³-hybridized carbons (Fsp3) is 0.250. The molecule has 3 rings (SSSR count). The number of hydrogen-bond donors (Lipinski definition) is 1. The zero-order valence-electron chi connectivity index (χ0n) is 11.6. The number of nitrogens with one attached hydrogen (secondary N) is 1. The molecule has 2 nitrogen and oxygen atoms in total. The van der Waals surface area contributed by atoms with Gasteiger partial charge in [0.2, 0.25) is 0 Å². The first-order valence-corrected chi connectivity index (χ1v) is 7.96. The van der Waals surface area contributed by atoms with Crippen molar-refractivity contribution in [2.75, 3.05) is 30.1 Å². The molecule has 2 aromatic carbocycles.